The van der Waals surface area contributed by atoms with Crippen molar-refractivity contribution in [2.75, 3.05) is 33.0 Å². The lowest BCUT2D eigenvalue weighted by atomic mass is 9.99. The molecule has 1 aromatic rings. The van der Waals surface area contributed by atoms with Crippen LogP contribution in [0.4, 0.5) is 0 Å². The molecule has 0 unspecified atom stereocenters. The van der Waals surface area contributed by atoms with Crippen LogP contribution >= 0.6 is 0 Å². The van der Waals surface area contributed by atoms with Crippen molar-refractivity contribution in [1.82, 2.24) is 0 Å². The molecule has 132 valence electrons. The molecule has 0 aliphatic rings. The number of benzene rings is 1. The van der Waals surface area contributed by atoms with Crippen molar-refractivity contribution >= 4 is 0 Å². The third kappa shape index (κ3) is 13.3. The molecular weight excluding hydrogens is 288 g/mol. The molecule has 0 aromatic heterocycles. The van der Waals surface area contributed by atoms with Gasteiger partial charge in [-0.05, 0) is 36.7 Å². The third-order valence-corrected chi connectivity index (χ3v) is 3.30. The summed E-state index contributed by atoms with van der Waals surface area (Å²) >= 11 is 0. The molecule has 1 aromatic carbocycles. The van der Waals surface area contributed by atoms with Crippen molar-refractivity contribution in [3.8, 4) is 0 Å². The molecule has 0 amide bonds. The topological polar surface area (TPSA) is 27.7 Å². The standard InChI is InChI=1S/C20H34O3/c1-20(2,3)18-23-16-10-15-21-13-8-5-9-14-22-17-19-11-6-4-7-12-19/h4,6-7,11-12H,5,8-10,13-18H2,1-3H3. The average Bonchev–Trinajstić information content (AvgIpc) is 2.52. The summed E-state index contributed by atoms with van der Waals surface area (Å²) in [6.07, 6.45) is 4.36. The van der Waals surface area contributed by atoms with Gasteiger partial charge in [0.15, 0.2) is 0 Å². The van der Waals surface area contributed by atoms with Crippen LogP contribution in [0.25, 0.3) is 0 Å². The van der Waals surface area contributed by atoms with E-state index in [1.165, 1.54) is 5.56 Å². The highest BCUT2D eigenvalue weighted by atomic mass is 16.5. The molecule has 0 aliphatic heterocycles. The van der Waals surface area contributed by atoms with Crippen molar-refractivity contribution in [2.24, 2.45) is 5.41 Å². The maximum absolute atomic E-state index is 5.66. The quantitative estimate of drug-likeness (QED) is 0.486. The number of rotatable bonds is 13. The summed E-state index contributed by atoms with van der Waals surface area (Å²) in [5.74, 6) is 0. The molecule has 3 nitrogen and oxygen atoms in total. The largest absolute Gasteiger partial charge is 0.381 e. The van der Waals surface area contributed by atoms with Gasteiger partial charge in [-0.1, -0.05) is 51.1 Å². The van der Waals surface area contributed by atoms with Crippen LogP contribution in [0.1, 0.15) is 52.0 Å². The van der Waals surface area contributed by atoms with Crippen LogP contribution in [0.15, 0.2) is 30.3 Å². The van der Waals surface area contributed by atoms with Gasteiger partial charge in [-0.15, -0.1) is 0 Å². The van der Waals surface area contributed by atoms with E-state index in [2.05, 4.69) is 32.9 Å². The smallest absolute Gasteiger partial charge is 0.0716 e. The first-order chi connectivity index (χ1) is 11.1. The highest BCUT2D eigenvalue weighted by molar-refractivity contribution is 5.13. The fourth-order valence-electron chi connectivity index (χ4n) is 2.09. The summed E-state index contributed by atoms with van der Waals surface area (Å²) in [5.41, 5.74) is 1.49. The second-order valence-electron chi connectivity index (χ2n) is 7.18. The second kappa shape index (κ2) is 12.5. The highest BCUT2D eigenvalue weighted by Gasteiger charge is 2.09. The fraction of sp³-hybridized carbons (Fsp3) is 0.700. The normalized spacial score (nSPS) is 11.8. The molecule has 0 bridgehead atoms. The van der Waals surface area contributed by atoms with E-state index >= 15 is 0 Å². The van der Waals surface area contributed by atoms with Crippen LogP contribution in [0.3, 0.4) is 0 Å². The third-order valence-electron chi connectivity index (χ3n) is 3.30. The SMILES string of the molecule is CC(C)(C)COCCCOCCCCCOCc1ccccc1. The Morgan fingerprint density at radius 2 is 1.30 bits per heavy atom. The Labute approximate surface area is 142 Å². The van der Waals surface area contributed by atoms with Crippen molar-refractivity contribution in [1.29, 1.82) is 0 Å². The Balaban J connectivity index is 1.76. The van der Waals surface area contributed by atoms with Gasteiger partial charge in [0.25, 0.3) is 0 Å². The minimum Gasteiger partial charge on any atom is -0.381 e. The van der Waals surface area contributed by atoms with Crippen LogP contribution in [0.5, 0.6) is 0 Å². The zero-order valence-electron chi connectivity index (χ0n) is 15.2. The molecule has 0 radical (unpaired) electrons. The Morgan fingerprint density at radius 1 is 0.696 bits per heavy atom. The summed E-state index contributed by atoms with van der Waals surface area (Å²) in [6.45, 7) is 11.4. The Hall–Kier alpha value is -0.900. The zero-order valence-corrected chi connectivity index (χ0v) is 15.2. The van der Waals surface area contributed by atoms with E-state index in [0.29, 0.717) is 6.61 Å². The van der Waals surface area contributed by atoms with Crippen molar-refractivity contribution < 1.29 is 14.2 Å². The van der Waals surface area contributed by atoms with Gasteiger partial charge >= 0.3 is 0 Å². The Morgan fingerprint density at radius 3 is 2.00 bits per heavy atom. The number of ether oxygens (including phenoxy) is 3. The molecule has 1 rings (SSSR count). The van der Waals surface area contributed by atoms with Gasteiger partial charge in [-0.2, -0.15) is 0 Å². The lowest BCUT2D eigenvalue weighted by molar-refractivity contribution is 0.0472. The van der Waals surface area contributed by atoms with Gasteiger partial charge in [-0.25, -0.2) is 0 Å². The lowest BCUT2D eigenvalue weighted by Gasteiger charge is -2.17. The summed E-state index contributed by atoms with van der Waals surface area (Å²) < 4.78 is 16.9. The van der Waals surface area contributed by atoms with Gasteiger partial charge in [0.05, 0.1) is 13.2 Å². The van der Waals surface area contributed by atoms with E-state index < -0.39 is 0 Å². The first-order valence-corrected chi connectivity index (χ1v) is 8.85. The minimum atomic E-state index is 0.253. The summed E-state index contributed by atoms with van der Waals surface area (Å²) in [5, 5.41) is 0. The predicted molar refractivity (Wildman–Crippen MR) is 95.7 cm³/mol. The molecule has 0 atom stereocenters. The van der Waals surface area contributed by atoms with E-state index in [1.807, 2.05) is 18.2 Å². The first-order valence-electron chi connectivity index (χ1n) is 8.85. The molecule has 0 fully saturated rings. The molecular formula is C20H34O3. The molecule has 3 heteroatoms. The summed E-state index contributed by atoms with van der Waals surface area (Å²) in [4.78, 5) is 0. The van der Waals surface area contributed by atoms with Gasteiger partial charge < -0.3 is 14.2 Å². The van der Waals surface area contributed by atoms with Crippen molar-refractivity contribution in [2.45, 2.75) is 53.1 Å². The van der Waals surface area contributed by atoms with Gasteiger partial charge in [0.2, 0.25) is 0 Å². The van der Waals surface area contributed by atoms with Crippen LogP contribution in [-0.2, 0) is 20.8 Å². The van der Waals surface area contributed by atoms with Crippen LogP contribution in [-0.4, -0.2) is 33.0 Å². The number of hydrogen-bond acceptors (Lipinski definition) is 3. The fourth-order valence-corrected chi connectivity index (χ4v) is 2.09. The van der Waals surface area contributed by atoms with E-state index in [4.69, 9.17) is 14.2 Å². The van der Waals surface area contributed by atoms with Crippen LogP contribution < -0.4 is 0 Å². The monoisotopic (exact) mass is 322 g/mol. The molecule has 0 N–H and O–H groups in total. The first kappa shape index (κ1) is 20.1. The zero-order chi connectivity index (χ0) is 16.8. The number of hydrogen-bond donors (Lipinski definition) is 0. The molecule has 0 spiro atoms. The number of unbranched alkanes of at least 4 members (excludes halogenated alkanes) is 2. The Bertz CT molecular complexity index is 370. The lowest BCUT2D eigenvalue weighted by Crippen LogP contribution is -2.15. The molecule has 0 saturated carbocycles. The maximum atomic E-state index is 5.66. The second-order valence-corrected chi connectivity index (χ2v) is 7.18. The highest BCUT2D eigenvalue weighted by Crippen LogP contribution is 2.12. The average molecular weight is 322 g/mol. The van der Waals surface area contributed by atoms with E-state index in [-0.39, 0.29) is 5.41 Å². The van der Waals surface area contributed by atoms with Crippen LogP contribution in [0, 0.1) is 5.41 Å². The molecule has 23 heavy (non-hydrogen) atoms. The van der Waals surface area contributed by atoms with Gasteiger partial charge in [0.1, 0.15) is 0 Å². The minimum absolute atomic E-state index is 0.253. The Kier molecular flexibility index (Phi) is 11.0. The predicted octanol–water partition coefficient (Wildman–Crippen LogP) is 4.84. The van der Waals surface area contributed by atoms with E-state index in [1.54, 1.807) is 0 Å². The van der Waals surface area contributed by atoms with Crippen molar-refractivity contribution in [3.63, 3.8) is 0 Å². The van der Waals surface area contributed by atoms with Crippen molar-refractivity contribution in [3.05, 3.63) is 35.9 Å². The van der Waals surface area contributed by atoms with Gasteiger partial charge in [-0.3, -0.25) is 0 Å². The van der Waals surface area contributed by atoms with E-state index in [9.17, 15) is 0 Å². The summed E-state index contributed by atoms with van der Waals surface area (Å²) in [7, 11) is 0. The molecule has 0 aliphatic carbocycles. The maximum Gasteiger partial charge on any atom is 0.0716 e. The summed E-state index contributed by atoms with van der Waals surface area (Å²) in [6, 6.07) is 10.3. The van der Waals surface area contributed by atoms with Gasteiger partial charge in [0, 0.05) is 26.4 Å². The van der Waals surface area contributed by atoms with E-state index in [0.717, 1.165) is 58.7 Å². The van der Waals surface area contributed by atoms with Crippen LogP contribution in [0.2, 0.25) is 0 Å². The molecule has 0 heterocycles. The molecule has 0 saturated heterocycles.